The van der Waals surface area contributed by atoms with Crippen molar-refractivity contribution in [1.29, 1.82) is 0 Å². The second kappa shape index (κ2) is 15.6. The molecule has 0 aliphatic heterocycles. The van der Waals surface area contributed by atoms with Crippen molar-refractivity contribution in [2.24, 2.45) is 0 Å². The molecule has 14 aromatic rings. The quantitative estimate of drug-likeness (QED) is 0.160. The first-order valence-electron chi connectivity index (χ1n) is 23.3. The van der Waals surface area contributed by atoms with Gasteiger partial charge >= 0.3 is 0 Å². The molecule has 10 aromatic carbocycles. The number of nitrogens with zero attached hydrogens (tertiary/aromatic N) is 5. The predicted octanol–water partition coefficient (Wildman–Crippen LogP) is 16.3. The van der Waals surface area contributed by atoms with Crippen molar-refractivity contribution < 1.29 is 4.42 Å². The Hall–Kier alpha value is -9.39. The average molecular weight is 882 g/mol. The van der Waals surface area contributed by atoms with Crippen LogP contribution in [0.15, 0.2) is 241 Å². The van der Waals surface area contributed by atoms with Gasteiger partial charge in [-0.2, -0.15) is 0 Å². The molecule has 0 N–H and O–H groups in total. The molecule has 0 bridgehead atoms. The highest BCUT2D eigenvalue weighted by molar-refractivity contribution is 6.29. The predicted molar refractivity (Wildman–Crippen MR) is 283 cm³/mol. The fourth-order valence-corrected chi connectivity index (χ4v) is 10.3. The fraction of sp³-hybridized carbons (Fsp3) is 0. The smallest absolute Gasteiger partial charge is 0.164 e. The Labute approximate surface area is 396 Å². The van der Waals surface area contributed by atoms with Gasteiger partial charge < -0.3 is 13.6 Å². The molecule has 0 spiro atoms. The first-order valence-corrected chi connectivity index (χ1v) is 23.3. The van der Waals surface area contributed by atoms with E-state index in [4.69, 9.17) is 19.4 Å². The molecule has 0 fully saturated rings. The lowest BCUT2D eigenvalue weighted by atomic mass is 10.0. The van der Waals surface area contributed by atoms with E-state index in [1.165, 1.54) is 5.56 Å². The number of hydrogen-bond donors (Lipinski definition) is 0. The SMILES string of the molecule is c1ccc(-c2ccc3c(c2)c2c4oc5c(ccc6c5c5cc(-c7ccccc7)ccc5n6-c5ccc(-c6nc(-c7ccccc7)nc(-c7ccccc7)n6)cc5)c4ccc2n3-c2ccccc2)cc1. The number of furan rings is 1. The molecule has 0 aliphatic rings. The molecule has 4 heterocycles. The number of benzene rings is 10. The lowest BCUT2D eigenvalue weighted by Crippen LogP contribution is -2.00. The van der Waals surface area contributed by atoms with Crippen LogP contribution in [-0.4, -0.2) is 24.1 Å². The maximum absolute atomic E-state index is 7.41. The Kier molecular flexibility index (Phi) is 8.79. The van der Waals surface area contributed by atoms with Crippen LogP contribution in [-0.2, 0) is 0 Å². The van der Waals surface area contributed by atoms with Gasteiger partial charge in [0.25, 0.3) is 0 Å². The van der Waals surface area contributed by atoms with Gasteiger partial charge in [0, 0.05) is 49.6 Å². The Balaban J connectivity index is 0.997. The van der Waals surface area contributed by atoms with Crippen LogP contribution in [0.4, 0.5) is 0 Å². The van der Waals surface area contributed by atoms with Crippen LogP contribution < -0.4 is 0 Å². The van der Waals surface area contributed by atoms with E-state index in [2.05, 4.69) is 185 Å². The molecule has 0 aliphatic carbocycles. The van der Waals surface area contributed by atoms with E-state index in [1.54, 1.807) is 0 Å². The van der Waals surface area contributed by atoms with E-state index in [0.717, 1.165) is 110 Å². The Morgan fingerprint density at radius 3 is 1.01 bits per heavy atom. The first kappa shape index (κ1) is 38.8. The summed E-state index contributed by atoms with van der Waals surface area (Å²) in [5.41, 5.74) is 15.7. The van der Waals surface area contributed by atoms with E-state index >= 15 is 0 Å². The standard InChI is InChI=1S/C63H39N5O/c1-6-16-40(17-7-1)45-28-34-53-51(38-45)57-55(67(53)47-24-14-5-15-25-47)36-32-49-50-33-37-56-58(60(50)69-59(49)57)52-39-46(41-18-8-2-9-19-41)29-35-54(52)68(56)48-30-26-44(27-31-48)63-65-61(42-20-10-3-11-21-42)64-62(66-63)43-22-12-4-13-23-43/h1-39H. The third kappa shape index (κ3) is 6.30. The number of para-hydroxylation sites is 1. The molecule has 6 heteroatoms. The zero-order chi connectivity index (χ0) is 45.4. The minimum Gasteiger partial charge on any atom is -0.455 e. The van der Waals surface area contributed by atoms with Crippen LogP contribution in [0.25, 0.3) is 133 Å². The third-order valence-electron chi connectivity index (χ3n) is 13.6. The molecule has 6 nitrogen and oxygen atoms in total. The number of aromatic nitrogens is 5. The molecular weight excluding hydrogens is 843 g/mol. The molecule has 0 amide bonds. The number of hydrogen-bond acceptors (Lipinski definition) is 4. The molecule has 0 unspecified atom stereocenters. The van der Waals surface area contributed by atoms with Crippen molar-refractivity contribution in [1.82, 2.24) is 24.1 Å². The maximum atomic E-state index is 7.41. The van der Waals surface area contributed by atoms with Gasteiger partial charge in [-0.25, -0.2) is 15.0 Å². The van der Waals surface area contributed by atoms with Crippen LogP contribution in [0.3, 0.4) is 0 Å². The van der Waals surface area contributed by atoms with Gasteiger partial charge in [-0.05, 0) is 107 Å². The van der Waals surface area contributed by atoms with Gasteiger partial charge in [0.15, 0.2) is 17.5 Å². The topological polar surface area (TPSA) is 61.7 Å². The van der Waals surface area contributed by atoms with Crippen molar-refractivity contribution in [2.45, 2.75) is 0 Å². The molecule has 14 rings (SSSR count). The molecule has 4 aromatic heterocycles. The van der Waals surface area contributed by atoms with Gasteiger partial charge in [-0.1, -0.05) is 152 Å². The third-order valence-corrected chi connectivity index (χ3v) is 13.6. The number of rotatable bonds is 7. The monoisotopic (exact) mass is 881 g/mol. The van der Waals surface area contributed by atoms with Crippen molar-refractivity contribution >= 4 is 65.6 Å². The summed E-state index contributed by atoms with van der Waals surface area (Å²) in [4.78, 5) is 15.0. The van der Waals surface area contributed by atoms with Crippen LogP contribution in [0.1, 0.15) is 0 Å². The van der Waals surface area contributed by atoms with Gasteiger partial charge in [-0.15, -0.1) is 0 Å². The molecular formula is C63H39N5O. The second-order valence-electron chi connectivity index (χ2n) is 17.6. The van der Waals surface area contributed by atoms with E-state index in [1.807, 2.05) is 60.7 Å². The molecule has 0 radical (unpaired) electrons. The lowest BCUT2D eigenvalue weighted by Gasteiger charge is -2.11. The summed E-state index contributed by atoms with van der Waals surface area (Å²) in [6.07, 6.45) is 0. The fourth-order valence-electron chi connectivity index (χ4n) is 10.3. The Morgan fingerprint density at radius 2 is 0.594 bits per heavy atom. The summed E-state index contributed by atoms with van der Waals surface area (Å²) in [6, 6.07) is 83.3. The normalized spacial score (nSPS) is 11.8. The Morgan fingerprint density at radius 1 is 0.261 bits per heavy atom. The summed E-state index contributed by atoms with van der Waals surface area (Å²) in [5.74, 6) is 1.88. The van der Waals surface area contributed by atoms with Crippen molar-refractivity contribution in [3.63, 3.8) is 0 Å². The summed E-state index contributed by atoms with van der Waals surface area (Å²) in [5, 5.41) is 6.60. The van der Waals surface area contributed by atoms with E-state index in [-0.39, 0.29) is 0 Å². The Bertz CT molecular complexity index is 4200. The minimum absolute atomic E-state index is 0.615. The zero-order valence-corrected chi connectivity index (χ0v) is 37.2. The minimum atomic E-state index is 0.615. The highest BCUT2D eigenvalue weighted by atomic mass is 16.3. The van der Waals surface area contributed by atoms with Crippen LogP contribution in [0.2, 0.25) is 0 Å². The van der Waals surface area contributed by atoms with Crippen molar-refractivity contribution in [3.8, 4) is 67.8 Å². The summed E-state index contributed by atoms with van der Waals surface area (Å²) in [7, 11) is 0. The van der Waals surface area contributed by atoms with Gasteiger partial charge in [0.1, 0.15) is 11.2 Å². The van der Waals surface area contributed by atoms with Crippen LogP contribution in [0, 0.1) is 0 Å². The molecule has 0 atom stereocenters. The largest absolute Gasteiger partial charge is 0.455 e. The number of fused-ring (bicyclic) bond motifs is 11. The van der Waals surface area contributed by atoms with E-state index in [9.17, 15) is 0 Å². The zero-order valence-electron chi connectivity index (χ0n) is 37.2. The summed E-state index contributed by atoms with van der Waals surface area (Å²) < 4.78 is 12.1. The molecule has 0 saturated heterocycles. The van der Waals surface area contributed by atoms with Crippen molar-refractivity contribution in [3.05, 3.63) is 237 Å². The van der Waals surface area contributed by atoms with E-state index in [0.29, 0.717) is 17.5 Å². The highest BCUT2D eigenvalue weighted by Crippen LogP contribution is 2.46. The van der Waals surface area contributed by atoms with Crippen molar-refractivity contribution in [2.75, 3.05) is 0 Å². The van der Waals surface area contributed by atoms with Gasteiger partial charge in [0.2, 0.25) is 0 Å². The first-order chi connectivity index (χ1) is 34.2. The second-order valence-corrected chi connectivity index (χ2v) is 17.6. The average Bonchev–Trinajstić information content (AvgIpc) is 4.09. The maximum Gasteiger partial charge on any atom is 0.164 e. The molecule has 322 valence electrons. The molecule has 69 heavy (non-hydrogen) atoms. The van der Waals surface area contributed by atoms with Gasteiger partial charge in [0.05, 0.1) is 32.8 Å². The summed E-state index contributed by atoms with van der Waals surface area (Å²) >= 11 is 0. The van der Waals surface area contributed by atoms with Gasteiger partial charge in [-0.3, -0.25) is 0 Å². The highest BCUT2D eigenvalue weighted by Gasteiger charge is 2.24. The molecule has 0 saturated carbocycles. The van der Waals surface area contributed by atoms with Crippen LogP contribution in [0.5, 0.6) is 0 Å². The lowest BCUT2D eigenvalue weighted by molar-refractivity contribution is 0.677. The van der Waals surface area contributed by atoms with Crippen LogP contribution >= 0.6 is 0 Å². The summed E-state index contributed by atoms with van der Waals surface area (Å²) in [6.45, 7) is 0. The van der Waals surface area contributed by atoms with E-state index < -0.39 is 0 Å².